The van der Waals surface area contributed by atoms with Crippen LogP contribution in [-0.2, 0) is 9.59 Å². The van der Waals surface area contributed by atoms with Crippen LogP contribution >= 0.6 is 0 Å². The van der Waals surface area contributed by atoms with Crippen molar-refractivity contribution in [3.63, 3.8) is 0 Å². The number of rotatable bonds is 5. The molecule has 7 heteroatoms. The highest BCUT2D eigenvalue weighted by atomic mass is 16.5. The molecule has 1 aromatic heterocycles. The number of pyridine rings is 1. The number of amides is 2. The van der Waals surface area contributed by atoms with Crippen molar-refractivity contribution in [1.29, 1.82) is 0 Å². The number of allylic oxidation sites excluding steroid dienone is 1. The van der Waals surface area contributed by atoms with Crippen molar-refractivity contribution < 1.29 is 14.3 Å². The van der Waals surface area contributed by atoms with E-state index in [4.69, 9.17) is 4.74 Å². The first-order chi connectivity index (χ1) is 18.1. The van der Waals surface area contributed by atoms with Crippen molar-refractivity contribution in [2.45, 2.75) is 12.8 Å². The van der Waals surface area contributed by atoms with E-state index in [1.807, 2.05) is 53.4 Å². The van der Waals surface area contributed by atoms with E-state index in [1.165, 1.54) is 11.1 Å². The van der Waals surface area contributed by atoms with E-state index < -0.39 is 0 Å². The zero-order valence-electron chi connectivity index (χ0n) is 20.4. The summed E-state index contributed by atoms with van der Waals surface area (Å²) in [5, 5.41) is 6.16. The lowest BCUT2D eigenvalue weighted by molar-refractivity contribution is -0.125. The van der Waals surface area contributed by atoms with Gasteiger partial charge in [-0.2, -0.15) is 0 Å². The molecule has 1 fully saturated rings. The van der Waals surface area contributed by atoms with Gasteiger partial charge in [-0.15, -0.1) is 0 Å². The standard InChI is InChI=1S/C30H28N4O3/c35-29-11-14-32-28-15-20(1-7-27(28)33-29)2-8-30(36)34-18-23-16-22(17-24(23)19-34)21-3-5-25(6-4-21)37-26-9-12-31-13-10-26/h1-10,12-13,15-16,23-24,32H,11,14,17-19H2,(H,33,35)/b8-2+/t23-,24+/m0/s1. The number of likely N-dealkylation sites (tertiary alicyclic amines) is 1. The molecule has 6 rings (SSSR count). The minimum atomic E-state index is 0.00792. The highest BCUT2D eigenvalue weighted by Gasteiger charge is 2.37. The number of nitrogens with one attached hydrogen (secondary N) is 2. The van der Waals surface area contributed by atoms with Crippen molar-refractivity contribution in [2.24, 2.45) is 11.8 Å². The molecule has 186 valence electrons. The van der Waals surface area contributed by atoms with E-state index in [2.05, 4.69) is 33.8 Å². The Balaban J connectivity index is 1.06. The molecule has 37 heavy (non-hydrogen) atoms. The third-order valence-electron chi connectivity index (χ3n) is 7.21. The van der Waals surface area contributed by atoms with Crippen LogP contribution in [0.25, 0.3) is 11.6 Å². The normalized spacial score (nSPS) is 20.5. The molecule has 3 aromatic rings. The summed E-state index contributed by atoms with van der Waals surface area (Å²) < 4.78 is 5.87. The van der Waals surface area contributed by atoms with Crippen LogP contribution in [0.15, 0.2) is 79.1 Å². The van der Waals surface area contributed by atoms with Gasteiger partial charge >= 0.3 is 0 Å². The average Bonchev–Trinajstić information content (AvgIpc) is 3.43. The molecule has 2 atom stereocenters. The number of benzene rings is 2. The lowest BCUT2D eigenvalue weighted by Crippen LogP contribution is -2.27. The monoisotopic (exact) mass is 492 g/mol. The van der Waals surface area contributed by atoms with Gasteiger partial charge in [-0.3, -0.25) is 14.6 Å². The fourth-order valence-electron chi connectivity index (χ4n) is 5.30. The molecule has 0 unspecified atom stereocenters. The minimum Gasteiger partial charge on any atom is -0.457 e. The predicted molar refractivity (Wildman–Crippen MR) is 144 cm³/mol. The van der Waals surface area contributed by atoms with Crippen LogP contribution in [0.3, 0.4) is 0 Å². The molecule has 3 heterocycles. The van der Waals surface area contributed by atoms with Crippen molar-refractivity contribution in [1.82, 2.24) is 9.88 Å². The molecular formula is C30H28N4O3. The maximum Gasteiger partial charge on any atom is 0.246 e. The summed E-state index contributed by atoms with van der Waals surface area (Å²) in [7, 11) is 0. The van der Waals surface area contributed by atoms with Crippen molar-refractivity contribution >= 4 is 34.8 Å². The number of ether oxygens (including phenoxy) is 1. The van der Waals surface area contributed by atoms with Crippen LogP contribution in [-0.4, -0.2) is 41.3 Å². The Kier molecular flexibility index (Phi) is 6.18. The fourth-order valence-corrected chi connectivity index (χ4v) is 5.30. The van der Waals surface area contributed by atoms with E-state index in [9.17, 15) is 9.59 Å². The summed E-state index contributed by atoms with van der Waals surface area (Å²) in [5.41, 5.74) is 5.14. The number of carbonyl (C=O) groups is 2. The van der Waals surface area contributed by atoms with E-state index in [0.717, 1.165) is 47.9 Å². The zero-order valence-corrected chi connectivity index (χ0v) is 20.4. The maximum atomic E-state index is 12.9. The van der Waals surface area contributed by atoms with Crippen molar-refractivity contribution in [3.8, 4) is 11.5 Å². The molecule has 2 aromatic carbocycles. The Bertz CT molecular complexity index is 1380. The van der Waals surface area contributed by atoms with Gasteiger partial charge in [0, 0.05) is 44.5 Å². The molecule has 1 saturated heterocycles. The van der Waals surface area contributed by atoms with Crippen LogP contribution in [0.2, 0.25) is 0 Å². The van der Waals surface area contributed by atoms with Gasteiger partial charge in [0.1, 0.15) is 11.5 Å². The van der Waals surface area contributed by atoms with E-state index in [1.54, 1.807) is 18.5 Å². The second kappa shape index (κ2) is 9.93. The number of carbonyl (C=O) groups excluding carboxylic acids is 2. The van der Waals surface area contributed by atoms with Gasteiger partial charge in [0.05, 0.1) is 11.4 Å². The van der Waals surface area contributed by atoms with Gasteiger partial charge in [0.25, 0.3) is 0 Å². The first-order valence-corrected chi connectivity index (χ1v) is 12.6. The number of hydrogen-bond donors (Lipinski definition) is 2. The van der Waals surface area contributed by atoms with Crippen LogP contribution in [0.4, 0.5) is 11.4 Å². The number of nitrogens with zero attached hydrogens (tertiary/aromatic N) is 2. The second-order valence-corrected chi connectivity index (χ2v) is 9.74. The largest absolute Gasteiger partial charge is 0.457 e. The highest BCUT2D eigenvalue weighted by molar-refractivity contribution is 5.97. The molecule has 0 spiro atoms. The SMILES string of the molecule is O=C1CCNc2cc(/C=C/C(=O)N3C[C@H]4CC(c5ccc(Oc6ccncc6)cc5)=C[C@H]4C3)ccc2N1. The van der Waals surface area contributed by atoms with Crippen LogP contribution < -0.4 is 15.4 Å². The molecule has 0 saturated carbocycles. The fraction of sp³-hybridized carbons (Fsp3) is 0.233. The van der Waals surface area contributed by atoms with E-state index >= 15 is 0 Å². The topological polar surface area (TPSA) is 83.6 Å². The Morgan fingerprint density at radius 3 is 2.62 bits per heavy atom. The third-order valence-corrected chi connectivity index (χ3v) is 7.21. The third kappa shape index (κ3) is 5.11. The Hall–Kier alpha value is -4.39. The van der Waals surface area contributed by atoms with Crippen LogP contribution in [0.1, 0.15) is 24.0 Å². The molecule has 7 nitrogen and oxygen atoms in total. The average molecular weight is 493 g/mol. The Morgan fingerprint density at radius 1 is 1.00 bits per heavy atom. The van der Waals surface area contributed by atoms with Gasteiger partial charge in [0.2, 0.25) is 11.8 Å². The smallest absolute Gasteiger partial charge is 0.246 e. The second-order valence-electron chi connectivity index (χ2n) is 9.74. The Labute approximate surface area is 215 Å². The van der Waals surface area contributed by atoms with Gasteiger partial charge < -0.3 is 20.3 Å². The summed E-state index contributed by atoms with van der Waals surface area (Å²) in [6.07, 6.45) is 10.7. The van der Waals surface area contributed by atoms with Gasteiger partial charge in [-0.25, -0.2) is 0 Å². The summed E-state index contributed by atoms with van der Waals surface area (Å²) in [6, 6.07) is 17.6. The molecule has 0 radical (unpaired) electrons. The molecule has 3 aliphatic rings. The van der Waals surface area contributed by atoms with E-state index in [-0.39, 0.29) is 11.8 Å². The van der Waals surface area contributed by atoms with Gasteiger partial charge in [0.15, 0.2) is 0 Å². The van der Waals surface area contributed by atoms with Crippen LogP contribution in [0.5, 0.6) is 11.5 Å². The number of aromatic nitrogens is 1. The quantitative estimate of drug-likeness (QED) is 0.478. The Morgan fingerprint density at radius 2 is 1.81 bits per heavy atom. The van der Waals surface area contributed by atoms with E-state index in [0.29, 0.717) is 24.8 Å². The summed E-state index contributed by atoms with van der Waals surface area (Å²) in [5.74, 6) is 2.46. The molecule has 0 bridgehead atoms. The first-order valence-electron chi connectivity index (χ1n) is 12.6. The molecule has 2 N–H and O–H groups in total. The first kappa shape index (κ1) is 23.0. The van der Waals surface area contributed by atoms with Crippen LogP contribution in [0, 0.1) is 11.8 Å². The summed E-state index contributed by atoms with van der Waals surface area (Å²) in [4.78, 5) is 30.6. The summed E-state index contributed by atoms with van der Waals surface area (Å²) >= 11 is 0. The lowest BCUT2D eigenvalue weighted by Gasteiger charge is -2.15. The van der Waals surface area contributed by atoms with Gasteiger partial charge in [-0.1, -0.05) is 24.3 Å². The van der Waals surface area contributed by atoms with Crippen molar-refractivity contribution in [2.75, 3.05) is 30.3 Å². The molecular weight excluding hydrogens is 464 g/mol. The molecule has 2 amide bonds. The highest BCUT2D eigenvalue weighted by Crippen LogP contribution is 2.41. The molecule has 2 aliphatic heterocycles. The van der Waals surface area contributed by atoms with Gasteiger partial charge in [-0.05, 0) is 77.4 Å². The zero-order chi connectivity index (χ0) is 25.2. The van der Waals surface area contributed by atoms with Crippen molar-refractivity contribution in [3.05, 3.63) is 90.3 Å². The summed E-state index contributed by atoms with van der Waals surface area (Å²) in [6.45, 7) is 2.12. The minimum absolute atomic E-state index is 0.00792. The number of fused-ring (bicyclic) bond motifs is 2. The molecule has 1 aliphatic carbocycles. The number of hydrogen-bond acceptors (Lipinski definition) is 5. The number of anilines is 2. The maximum absolute atomic E-state index is 12.9. The predicted octanol–water partition coefficient (Wildman–Crippen LogP) is 5.20. The lowest BCUT2D eigenvalue weighted by atomic mass is 9.98.